The van der Waals surface area contributed by atoms with Gasteiger partial charge in [-0.1, -0.05) is 83.2 Å². The van der Waals surface area contributed by atoms with Crippen LogP contribution in [-0.2, 0) is 61.0 Å². The smallest absolute Gasteiger partial charge is 0.264 e. The predicted molar refractivity (Wildman–Crippen MR) is 291 cm³/mol. The molecule has 0 radical (unpaired) electrons. The number of nitrogens with one attached hydrogen (secondary N) is 6. The van der Waals surface area contributed by atoms with Gasteiger partial charge in [-0.2, -0.15) is 0 Å². The van der Waals surface area contributed by atoms with Gasteiger partial charge in [0.15, 0.2) is 0 Å². The summed E-state index contributed by atoms with van der Waals surface area (Å²) in [5.41, 5.74) is 13.9. The van der Waals surface area contributed by atoms with Gasteiger partial charge in [-0.3, -0.25) is 29.0 Å². The zero-order valence-corrected chi connectivity index (χ0v) is 47.3. The molecular weight excluding hydrogens is 983 g/mol. The highest BCUT2D eigenvalue weighted by molar-refractivity contribution is 7.90. The summed E-state index contributed by atoms with van der Waals surface area (Å²) < 4.78 is 52.9. The average molecular weight is 1070 g/mol. The molecule has 1 aliphatic heterocycles. The lowest BCUT2D eigenvalue weighted by atomic mass is 9.94. The van der Waals surface area contributed by atoms with Gasteiger partial charge < -0.3 is 57.0 Å². The molecule has 0 saturated heterocycles. The Balaban J connectivity index is 1.81. The van der Waals surface area contributed by atoms with Gasteiger partial charge in [0.1, 0.15) is 42.1 Å². The number of guanidine groups is 1. The van der Waals surface area contributed by atoms with E-state index in [1.807, 2.05) is 51.1 Å². The molecule has 21 heteroatoms. The Morgan fingerprint density at radius 2 is 1.43 bits per heavy atom. The van der Waals surface area contributed by atoms with E-state index in [1.54, 1.807) is 48.5 Å². The lowest BCUT2D eigenvalue weighted by molar-refractivity contribution is -0.137. The molecule has 5 amide bonds. The summed E-state index contributed by atoms with van der Waals surface area (Å²) in [6.45, 7) is 20.8. The van der Waals surface area contributed by atoms with Crippen molar-refractivity contribution in [1.29, 1.82) is 0 Å². The van der Waals surface area contributed by atoms with E-state index in [-0.39, 0.29) is 62.4 Å². The molecule has 75 heavy (non-hydrogen) atoms. The highest BCUT2D eigenvalue weighted by Gasteiger charge is 2.37. The molecule has 0 fully saturated rings. The van der Waals surface area contributed by atoms with Crippen molar-refractivity contribution in [2.24, 2.45) is 22.4 Å². The summed E-state index contributed by atoms with van der Waals surface area (Å²) in [5.74, 6) is -3.29. The average Bonchev–Trinajstić information content (AvgIpc) is 3.67. The van der Waals surface area contributed by atoms with Gasteiger partial charge >= 0.3 is 0 Å². The predicted octanol–water partition coefficient (Wildman–Crippen LogP) is 3.82. The van der Waals surface area contributed by atoms with E-state index in [1.165, 1.54) is 0 Å². The van der Waals surface area contributed by atoms with Crippen molar-refractivity contribution < 1.29 is 51.3 Å². The molecular formula is C54H89N9O11S. The molecule has 0 aromatic heterocycles. The van der Waals surface area contributed by atoms with E-state index >= 15 is 0 Å². The number of amides is 5. The van der Waals surface area contributed by atoms with E-state index in [0.717, 1.165) is 49.7 Å². The third kappa shape index (κ3) is 22.0. The number of rotatable bonds is 33. The van der Waals surface area contributed by atoms with E-state index in [4.69, 9.17) is 30.4 Å². The maximum atomic E-state index is 14.3. The number of nitrogens with two attached hydrogens (primary N) is 2. The van der Waals surface area contributed by atoms with Gasteiger partial charge in [0.25, 0.3) is 10.0 Å². The number of hydrogen-bond acceptors (Lipinski definition) is 13. The topological polar surface area (TPSA) is 293 Å². The maximum absolute atomic E-state index is 14.3. The van der Waals surface area contributed by atoms with Crippen LogP contribution in [0.4, 0.5) is 0 Å². The molecule has 422 valence electrons. The van der Waals surface area contributed by atoms with Gasteiger partial charge in [-0.25, -0.2) is 13.1 Å². The third-order valence-corrected chi connectivity index (χ3v) is 14.2. The lowest BCUT2D eigenvalue weighted by Gasteiger charge is -2.29. The lowest BCUT2D eigenvalue weighted by Crippen LogP contribution is -2.60. The summed E-state index contributed by atoms with van der Waals surface area (Å²) in [5, 5.41) is 14.1. The number of carbonyl (C=O) groups is 5. The van der Waals surface area contributed by atoms with E-state index in [2.05, 4.69) is 43.2 Å². The molecule has 4 unspecified atom stereocenters. The number of nitrogens with zero attached hydrogens (tertiary/aromatic N) is 1. The summed E-state index contributed by atoms with van der Waals surface area (Å²) in [6, 6.07) is 4.58. The van der Waals surface area contributed by atoms with Gasteiger partial charge in [0.05, 0.1) is 36.9 Å². The van der Waals surface area contributed by atoms with Crippen molar-refractivity contribution in [2.45, 2.75) is 181 Å². The standard InChI is InChI=1S/C54H89N9O11S/c1-12-13-14-15-16-20-26-57-48(65)42(31-39-22-18-17-19-23-39)60-50(67)43(33-73-53(7,8)9)61-51(68)45(35(2)3)62-49(66)41(59-44(64)34-72-30-29-71-28-25-55)24-21-27-58-52(56)63-75(69,70)47-37(5)36(4)46-40(38(47)6)32-54(10,11)74-46/h17-19,22-23,35,41-43,45H,12-16,20-21,24-34,55H2,1-11H3,(H,57,65)(H,59,64)(H,60,67)(H,61,68)(H,62,66)(H3,56,58,63). The molecule has 4 atom stereocenters. The molecule has 0 spiro atoms. The number of aliphatic imine (C=N–C) groups is 1. The zero-order chi connectivity index (χ0) is 55.9. The Bertz CT molecular complexity index is 2320. The minimum atomic E-state index is -4.19. The van der Waals surface area contributed by atoms with E-state index in [9.17, 15) is 32.4 Å². The number of hydrogen-bond donors (Lipinski definition) is 8. The van der Waals surface area contributed by atoms with E-state index < -0.39 is 81.5 Å². The van der Waals surface area contributed by atoms with Gasteiger partial charge in [0, 0.05) is 38.0 Å². The van der Waals surface area contributed by atoms with Gasteiger partial charge in [-0.05, 0) is 103 Å². The zero-order valence-electron chi connectivity index (χ0n) is 46.5. The first-order valence-electron chi connectivity index (χ1n) is 26.5. The molecule has 3 rings (SSSR count). The van der Waals surface area contributed by atoms with E-state index in [0.29, 0.717) is 48.6 Å². The Labute approximate surface area is 446 Å². The quantitative estimate of drug-likeness (QED) is 0.0287. The maximum Gasteiger partial charge on any atom is 0.264 e. The molecule has 1 aliphatic rings. The SMILES string of the molecule is CCCCCCCCNC(=O)C(Cc1ccccc1)NC(=O)C(COC(C)(C)C)NC(=O)C(NC(=O)C(CCCN=C(N)NS(=O)(=O)c1c(C)c(C)c2c(c1C)CC(C)(C)O2)NC(=O)COCCOCCN)C(C)C. The number of carbonyl (C=O) groups excluding carboxylic acids is 5. The van der Waals surface area contributed by atoms with Crippen LogP contribution in [0, 0.1) is 26.7 Å². The Morgan fingerprint density at radius 3 is 2.08 bits per heavy atom. The van der Waals surface area contributed by atoms with Crippen LogP contribution < -0.4 is 47.5 Å². The Hall–Kier alpha value is -5.35. The summed E-state index contributed by atoms with van der Waals surface area (Å²) in [4.78, 5) is 73.9. The van der Waals surface area contributed by atoms with Crippen LogP contribution in [-0.4, -0.2) is 132 Å². The van der Waals surface area contributed by atoms with Crippen molar-refractivity contribution in [2.75, 3.05) is 52.7 Å². The van der Waals surface area contributed by atoms with Crippen molar-refractivity contribution in [1.82, 2.24) is 31.3 Å². The van der Waals surface area contributed by atoms with Gasteiger partial charge in [0.2, 0.25) is 35.5 Å². The first-order valence-corrected chi connectivity index (χ1v) is 27.9. The first kappa shape index (κ1) is 63.9. The van der Waals surface area contributed by atoms with Crippen LogP contribution in [0.25, 0.3) is 0 Å². The molecule has 1 heterocycles. The van der Waals surface area contributed by atoms with Crippen LogP contribution in [0.3, 0.4) is 0 Å². The summed E-state index contributed by atoms with van der Waals surface area (Å²) in [6.07, 6.45) is 7.12. The van der Waals surface area contributed by atoms with Crippen molar-refractivity contribution in [3.8, 4) is 5.75 Å². The van der Waals surface area contributed by atoms with Crippen molar-refractivity contribution >= 4 is 45.5 Å². The van der Waals surface area contributed by atoms with Crippen LogP contribution in [0.15, 0.2) is 40.2 Å². The number of ether oxygens (including phenoxy) is 4. The highest BCUT2D eigenvalue weighted by Crippen LogP contribution is 2.43. The monoisotopic (exact) mass is 1070 g/mol. The summed E-state index contributed by atoms with van der Waals surface area (Å²) >= 11 is 0. The number of sulfonamides is 1. The van der Waals surface area contributed by atoms with Crippen molar-refractivity contribution in [3.05, 3.63) is 58.1 Å². The first-order chi connectivity index (χ1) is 35.3. The normalized spacial score (nSPS) is 15.0. The molecule has 20 nitrogen and oxygen atoms in total. The number of benzene rings is 2. The molecule has 2 aromatic carbocycles. The second-order valence-electron chi connectivity index (χ2n) is 21.2. The summed E-state index contributed by atoms with van der Waals surface area (Å²) in [7, 11) is -4.19. The fourth-order valence-electron chi connectivity index (χ4n) is 8.47. The largest absolute Gasteiger partial charge is 0.487 e. The second kappa shape index (κ2) is 31.0. The minimum absolute atomic E-state index is 0.0145. The molecule has 0 aliphatic carbocycles. The Morgan fingerprint density at radius 1 is 0.787 bits per heavy atom. The fourth-order valence-corrected chi connectivity index (χ4v) is 10.00. The van der Waals surface area contributed by atoms with Crippen LogP contribution >= 0.6 is 0 Å². The van der Waals surface area contributed by atoms with Crippen LogP contribution in [0.2, 0.25) is 0 Å². The number of unbranched alkanes of at least 4 members (excludes halogenated alkanes) is 5. The third-order valence-electron chi connectivity index (χ3n) is 12.6. The van der Waals surface area contributed by atoms with Gasteiger partial charge in [-0.15, -0.1) is 0 Å². The molecule has 2 aromatic rings. The Kier molecular flexibility index (Phi) is 26.4. The van der Waals surface area contributed by atoms with Crippen LogP contribution in [0.5, 0.6) is 5.75 Å². The fraction of sp³-hybridized carbons (Fsp3) is 0.667. The molecule has 0 bridgehead atoms. The van der Waals surface area contributed by atoms with Crippen LogP contribution in [0.1, 0.15) is 135 Å². The van der Waals surface area contributed by atoms with Crippen molar-refractivity contribution in [3.63, 3.8) is 0 Å². The second-order valence-corrected chi connectivity index (χ2v) is 22.8. The molecule has 0 saturated carbocycles. The number of fused-ring (bicyclic) bond motifs is 1. The minimum Gasteiger partial charge on any atom is -0.487 e. The molecule has 10 N–H and O–H groups in total. The highest BCUT2D eigenvalue weighted by atomic mass is 32.2.